The summed E-state index contributed by atoms with van der Waals surface area (Å²) in [6.45, 7) is 5.51. The highest BCUT2D eigenvalue weighted by Gasteiger charge is 2.15. The molecule has 1 aromatic heterocycles. The summed E-state index contributed by atoms with van der Waals surface area (Å²) in [5.41, 5.74) is 3.62. The van der Waals surface area contributed by atoms with Gasteiger partial charge in [-0.3, -0.25) is 4.79 Å². The Labute approximate surface area is 125 Å². The van der Waals surface area contributed by atoms with Crippen LogP contribution in [0, 0.1) is 13.8 Å². The molecule has 0 aliphatic heterocycles. The van der Waals surface area contributed by atoms with E-state index in [1.165, 1.54) is 0 Å². The number of nitrogens with one attached hydrogen (secondary N) is 2. The largest absolute Gasteiger partial charge is 0.352 e. The minimum Gasteiger partial charge on any atom is -0.352 e. The molecule has 112 valence electrons. The average Bonchev–Trinajstić information content (AvgIpc) is 2.86. The van der Waals surface area contributed by atoms with Crippen molar-refractivity contribution in [1.82, 2.24) is 20.4 Å². The lowest BCUT2D eigenvalue weighted by atomic mass is 10.2. The number of carbonyl (C=O) groups is 1. The van der Waals surface area contributed by atoms with E-state index in [9.17, 15) is 4.79 Å². The monoisotopic (exact) mass is 286 g/mol. The van der Waals surface area contributed by atoms with Crippen molar-refractivity contribution in [3.63, 3.8) is 0 Å². The number of benzene rings is 1. The second-order valence-electron chi connectivity index (χ2n) is 5.05. The van der Waals surface area contributed by atoms with Crippen LogP contribution in [0.5, 0.6) is 0 Å². The molecule has 0 saturated carbocycles. The quantitative estimate of drug-likeness (QED) is 0.797. The molecule has 0 atom stereocenters. The van der Waals surface area contributed by atoms with E-state index in [-0.39, 0.29) is 5.91 Å². The van der Waals surface area contributed by atoms with E-state index in [4.69, 9.17) is 0 Å². The summed E-state index contributed by atoms with van der Waals surface area (Å²) < 4.78 is 1.82. The third-order valence-corrected chi connectivity index (χ3v) is 3.49. The number of aromatic nitrogens is 2. The first kappa shape index (κ1) is 15.3. The number of rotatable bonds is 6. The summed E-state index contributed by atoms with van der Waals surface area (Å²) >= 11 is 0. The molecule has 0 aliphatic rings. The summed E-state index contributed by atoms with van der Waals surface area (Å²) in [6.07, 6.45) is 2.54. The molecule has 2 N–H and O–H groups in total. The first-order valence-corrected chi connectivity index (χ1v) is 7.18. The zero-order valence-electron chi connectivity index (χ0n) is 12.8. The van der Waals surface area contributed by atoms with Gasteiger partial charge in [-0.15, -0.1) is 0 Å². The van der Waals surface area contributed by atoms with Crippen LogP contribution >= 0.6 is 0 Å². The van der Waals surface area contributed by atoms with Gasteiger partial charge in [-0.25, -0.2) is 4.68 Å². The Morgan fingerprint density at radius 2 is 2.00 bits per heavy atom. The van der Waals surface area contributed by atoms with Crippen LogP contribution in [0.1, 0.15) is 28.0 Å². The second-order valence-corrected chi connectivity index (χ2v) is 5.05. The minimum absolute atomic E-state index is 0.0663. The van der Waals surface area contributed by atoms with Crippen LogP contribution in [0.15, 0.2) is 30.5 Å². The van der Waals surface area contributed by atoms with E-state index >= 15 is 0 Å². The van der Waals surface area contributed by atoms with Crippen molar-refractivity contribution in [3.8, 4) is 5.69 Å². The molecule has 5 heteroatoms. The number of carbonyl (C=O) groups excluding carboxylic acids is 1. The van der Waals surface area contributed by atoms with E-state index in [0.29, 0.717) is 12.1 Å². The summed E-state index contributed by atoms with van der Waals surface area (Å²) in [5, 5.41) is 10.3. The molecule has 1 heterocycles. The third-order valence-electron chi connectivity index (χ3n) is 3.49. The predicted octanol–water partition coefficient (Wildman–Crippen LogP) is 1.83. The van der Waals surface area contributed by atoms with Gasteiger partial charge < -0.3 is 10.6 Å². The summed E-state index contributed by atoms with van der Waals surface area (Å²) in [4.78, 5) is 12.2. The average molecular weight is 286 g/mol. The van der Waals surface area contributed by atoms with Gasteiger partial charge in [0, 0.05) is 6.54 Å². The summed E-state index contributed by atoms with van der Waals surface area (Å²) in [5.74, 6) is -0.0663. The number of nitrogens with zero attached hydrogens (tertiary/aromatic N) is 2. The van der Waals surface area contributed by atoms with Gasteiger partial charge in [0.05, 0.1) is 23.1 Å². The van der Waals surface area contributed by atoms with E-state index < -0.39 is 0 Å². The maximum Gasteiger partial charge on any atom is 0.254 e. The Morgan fingerprint density at radius 1 is 1.24 bits per heavy atom. The van der Waals surface area contributed by atoms with Gasteiger partial charge in [-0.1, -0.05) is 18.2 Å². The van der Waals surface area contributed by atoms with Gasteiger partial charge in [0.2, 0.25) is 0 Å². The molecule has 0 saturated heterocycles. The van der Waals surface area contributed by atoms with Crippen LogP contribution in [-0.4, -0.2) is 35.8 Å². The van der Waals surface area contributed by atoms with Gasteiger partial charge in [-0.05, 0) is 45.5 Å². The topological polar surface area (TPSA) is 58.9 Å². The van der Waals surface area contributed by atoms with Gasteiger partial charge in [-0.2, -0.15) is 5.10 Å². The van der Waals surface area contributed by atoms with E-state index in [1.807, 2.05) is 49.8 Å². The smallest absolute Gasteiger partial charge is 0.254 e. The molecule has 5 nitrogen and oxygen atoms in total. The molecular weight excluding hydrogens is 264 g/mol. The van der Waals surface area contributed by atoms with Gasteiger partial charge >= 0.3 is 0 Å². The Kier molecular flexibility index (Phi) is 5.11. The number of amides is 1. The SMILES string of the molecule is CNCCCNC(=O)c1cnn(-c2ccccc2C)c1C. The molecule has 0 unspecified atom stereocenters. The first-order chi connectivity index (χ1) is 10.1. The molecule has 0 radical (unpaired) electrons. The van der Waals surface area contributed by atoms with Gasteiger partial charge in [0.15, 0.2) is 0 Å². The number of para-hydroxylation sites is 1. The Morgan fingerprint density at radius 3 is 2.71 bits per heavy atom. The molecule has 1 aromatic carbocycles. The van der Waals surface area contributed by atoms with Crippen LogP contribution in [-0.2, 0) is 0 Å². The molecule has 0 spiro atoms. The molecule has 0 fully saturated rings. The summed E-state index contributed by atoms with van der Waals surface area (Å²) in [6, 6.07) is 8.01. The Balaban J connectivity index is 2.14. The molecule has 0 aliphatic carbocycles. The molecule has 0 bridgehead atoms. The predicted molar refractivity (Wildman–Crippen MR) is 83.9 cm³/mol. The maximum atomic E-state index is 12.2. The fourth-order valence-electron chi connectivity index (χ4n) is 2.24. The third kappa shape index (κ3) is 3.49. The highest BCUT2D eigenvalue weighted by molar-refractivity contribution is 5.95. The lowest BCUT2D eigenvalue weighted by Crippen LogP contribution is -2.26. The van der Waals surface area contributed by atoms with Crippen LogP contribution in [0.4, 0.5) is 0 Å². The van der Waals surface area contributed by atoms with Crippen LogP contribution < -0.4 is 10.6 Å². The van der Waals surface area contributed by atoms with E-state index in [0.717, 1.165) is 29.9 Å². The van der Waals surface area contributed by atoms with Crippen LogP contribution in [0.2, 0.25) is 0 Å². The normalized spacial score (nSPS) is 10.6. The molecule has 2 aromatic rings. The number of hydrogen-bond acceptors (Lipinski definition) is 3. The standard InChI is InChI=1S/C16H22N4O/c1-12-7-4-5-8-15(12)20-13(2)14(11-19-20)16(21)18-10-6-9-17-3/h4-5,7-8,11,17H,6,9-10H2,1-3H3,(H,18,21). The van der Waals surface area contributed by atoms with Crippen molar-refractivity contribution in [3.05, 3.63) is 47.3 Å². The molecule has 1 amide bonds. The van der Waals surface area contributed by atoms with E-state index in [1.54, 1.807) is 6.20 Å². The minimum atomic E-state index is -0.0663. The summed E-state index contributed by atoms with van der Waals surface area (Å²) in [7, 11) is 1.90. The fourth-order valence-corrected chi connectivity index (χ4v) is 2.24. The zero-order valence-corrected chi connectivity index (χ0v) is 12.8. The lowest BCUT2D eigenvalue weighted by Gasteiger charge is -2.08. The Hall–Kier alpha value is -2.14. The van der Waals surface area contributed by atoms with Crippen molar-refractivity contribution < 1.29 is 4.79 Å². The lowest BCUT2D eigenvalue weighted by molar-refractivity contribution is 0.0952. The maximum absolute atomic E-state index is 12.2. The zero-order chi connectivity index (χ0) is 15.2. The number of aryl methyl sites for hydroxylation is 1. The van der Waals surface area contributed by atoms with Crippen molar-refractivity contribution in [2.24, 2.45) is 0 Å². The fraction of sp³-hybridized carbons (Fsp3) is 0.375. The highest BCUT2D eigenvalue weighted by atomic mass is 16.1. The highest BCUT2D eigenvalue weighted by Crippen LogP contribution is 2.17. The van der Waals surface area contributed by atoms with Gasteiger partial charge in [0.25, 0.3) is 5.91 Å². The van der Waals surface area contributed by atoms with Gasteiger partial charge in [0.1, 0.15) is 0 Å². The van der Waals surface area contributed by atoms with E-state index in [2.05, 4.69) is 15.7 Å². The molecule has 2 rings (SSSR count). The molecular formula is C16H22N4O. The Bertz CT molecular complexity index is 618. The number of hydrogen-bond donors (Lipinski definition) is 2. The van der Waals surface area contributed by atoms with Crippen LogP contribution in [0.25, 0.3) is 5.69 Å². The van der Waals surface area contributed by atoms with Crippen molar-refractivity contribution in [2.75, 3.05) is 20.1 Å². The molecule has 21 heavy (non-hydrogen) atoms. The first-order valence-electron chi connectivity index (χ1n) is 7.18. The van der Waals surface area contributed by atoms with Crippen molar-refractivity contribution in [2.45, 2.75) is 20.3 Å². The van der Waals surface area contributed by atoms with Crippen LogP contribution in [0.3, 0.4) is 0 Å². The van der Waals surface area contributed by atoms with Crippen molar-refractivity contribution in [1.29, 1.82) is 0 Å². The second kappa shape index (κ2) is 7.04. The van der Waals surface area contributed by atoms with Crippen molar-refractivity contribution >= 4 is 5.91 Å².